The van der Waals surface area contributed by atoms with Gasteiger partial charge in [0.05, 0.1) is 30.8 Å². The summed E-state index contributed by atoms with van der Waals surface area (Å²) in [5, 5.41) is 28.9. The van der Waals surface area contributed by atoms with Crippen LogP contribution in [0.4, 0.5) is 26.2 Å². The highest BCUT2D eigenvalue weighted by molar-refractivity contribution is 5.87. The van der Waals surface area contributed by atoms with Crippen molar-refractivity contribution in [2.45, 2.75) is 6.04 Å². The van der Waals surface area contributed by atoms with Crippen LogP contribution in [0.1, 0.15) is 0 Å². The third-order valence-electron chi connectivity index (χ3n) is 3.55. The van der Waals surface area contributed by atoms with E-state index in [1.165, 1.54) is 10.7 Å². The van der Waals surface area contributed by atoms with Crippen molar-refractivity contribution in [2.24, 2.45) is 7.05 Å². The van der Waals surface area contributed by atoms with E-state index in [1.54, 1.807) is 13.2 Å². The van der Waals surface area contributed by atoms with Gasteiger partial charge in [0, 0.05) is 18.8 Å². The van der Waals surface area contributed by atoms with Crippen LogP contribution in [0.5, 0.6) is 0 Å². The fourth-order valence-electron chi connectivity index (χ4n) is 2.23. The molecule has 8 nitrogen and oxygen atoms in total. The van der Waals surface area contributed by atoms with E-state index in [2.05, 4.69) is 25.7 Å². The molecule has 0 aliphatic heterocycles. The third kappa shape index (κ3) is 3.49. The number of benzene rings is 1. The normalized spacial score (nSPS) is 11.3. The van der Waals surface area contributed by atoms with E-state index in [9.17, 15) is 19.0 Å². The van der Waals surface area contributed by atoms with Crippen molar-refractivity contribution in [3.05, 3.63) is 36.0 Å². The van der Waals surface area contributed by atoms with Crippen molar-refractivity contribution in [1.29, 1.82) is 0 Å². The minimum atomic E-state index is -0.995. The molecule has 3 aromatic rings. The molecule has 132 valence electrons. The van der Waals surface area contributed by atoms with Crippen LogP contribution < -0.4 is 10.6 Å². The minimum absolute atomic E-state index is 0.124. The van der Waals surface area contributed by atoms with Gasteiger partial charge in [-0.3, -0.25) is 4.68 Å². The Kier molecular flexibility index (Phi) is 4.72. The van der Waals surface area contributed by atoms with Gasteiger partial charge in [-0.1, -0.05) is 0 Å². The Morgan fingerprint density at radius 2 is 1.92 bits per heavy atom. The van der Waals surface area contributed by atoms with E-state index < -0.39 is 17.7 Å². The Morgan fingerprint density at radius 3 is 2.60 bits per heavy atom. The van der Waals surface area contributed by atoms with Gasteiger partial charge in [0.15, 0.2) is 17.3 Å². The Balaban J connectivity index is 2.00. The van der Waals surface area contributed by atoms with Gasteiger partial charge in [-0.15, -0.1) is 0 Å². The summed E-state index contributed by atoms with van der Waals surface area (Å²) in [5.41, 5.74) is 0.754. The van der Waals surface area contributed by atoms with Crippen molar-refractivity contribution in [3.8, 4) is 0 Å². The molecule has 0 radical (unpaired) electrons. The number of nitrogens with zero attached hydrogens (tertiary/aromatic N) is 4. The van der Waals surface area contributed by atoms with Gasteiger partial charge in [0.1, 0.15) is 5.82 Å². The zero-order valence-corrected chi connectivity index (χ0v) is 13.2. The third-order valence-corrected chi connectivity index (χ3v) is 3.55. The van der Waals surface area contributed by atoms with Crippen molar-refractivity contribution in [3.63, 3.8) is 0 Å². The quantitative estimate of drug-likeness (QED) is 0.528. The molecular formula is C15H16F2N6O2. The summed E-state index contributed by atoms with van der Waals surface area (Å²) in [7, 11) is 1.69. The second-order valence-corrected chi connectivity index (χ2v) is 5.36. The molecule has 0 saturated heterocycles. The summed E-state index contributed by atoms with van der Waals surface area (Å²) < 4.78 is 27.9. The van der Waals surface area contributed by atoms with Crippen LogP contribution in [0.3, 0.4) is 0 Å². The smallest absolute Gasteiger partial charge is 0.231 e. The molecular weight excluding hydrogens is 334 g/mol. The summed E-state index contributed by atoms with van der Waals surface area (Å²) in [6.45, 7) is -0.595. The number of aromatic nitrogens is 4. The largest absolute Gasteiger partial charge is 0.394 e. The van der Waals surface area contributed by atoms with Crippen molar-refractivity contribution < 1.29 is 19.0 Å². The maximum absolute atomic E-state index is 13.4. The number of halogens is 2. The van der Waals surface area contributed by atoms with Crippen LogP contribution in [-0.2, 0) is 7.05 Å². The minimum Gasteiger partial charge on any atom is -0.394 e. The van der Waals surface area contributed by atoms with Crippen LogP contribution in [0.15, 0.2) is 24.4 Å². The van der Waals surface area contributed by atoms with Crippen molar-refractivity contribution in [1.82, 2.24) is 19.7 Å². The highest BCUT2D eigenvalue weighted by Gasteiger charge is 2.15. The Labute approximate surface area is 141 Å². The van der Waals surface area contributed by atoms with Crippen molar-refractivity contribution >= 4 is 28.5 Å². The Bertz CT molecular complexity index is 897. The molecule has 0 spiro atoms. The van der Waals surface area contributed by atoms with Gasteiger partial charge in [0.25, 0.3) is 0 Å². The van der Waals surface area contributed by atoms with E-state index in [0.717, 1.165) is 12.1 Å². The molecule has 0 atom stereocenters. The summed E-state index contributed by atoms with van der Waals surface area (Å²) >= 11 is 0. The number of aryl methyl sites for hydroxylation is 1. The number of nitrogens with one attached hydrogen (secondary N) is 2. The molecule has 2 aromatic heterocycles. The SMILES string of the molecule is Cn1ncc2c(NC(CO)CO)nc(Nc3ccc(F)c(F)c3)nc21. The number of fused-ring (bicyclic) bond motifs is 1. The van der Waals surface area contributed by atoms with Gasteiger partial charge in [-0.05, 0) is 12.1 Å². The number of aliphatic hydroxyl groups is 2. The number of rotatable bonds is 6. The summed E-state index contributed by atoms with van der Waals surface area (Å²) in [5.74, 6) is -1.48. The van der Waals surface area contributed by atoms with E-state index in [4.69, 9.17) is 0 Å². The lowest BCUT2D eigenvalue weighted by molar-refractivity contribution is 0.203. The topological polar surface area (TPSA) is 108 Å². The number of anilines is 3. The summed E-state index contributed by atoms with van der Waals surface area (Å²) in [6.07, 6.45) is 1.55. The molecule has 10 heteroatoms. The van der Waals surface area contributed by atoms with E-state index in [-0.39, 0.29) is 24.8 Å². The Morgan fingerprint density at radius 1 is 1.16 bits per heavy atom. The standard InChI is InChI=1S/C15H16F2N6O2/c1-23-14-10(5-18-23)13(19-9(6-24)7-25)21-15(22-14)20-8-2-3-11(16)12(17)4-8/h2-5,9,24-25H,6-7H2,1H3,(H2,19,20,21,22). The number of aliphatic hydroxyl groups excluding tert-OH is 2. The van der Waals surface area contributed by atoms with Crippen LogP contribution in [0.25, 0.3) is 11.0 Å². The maximum Gasteiger partial charge on any atom is 0.231 e. The molecule has 4 N–H and O–H groups in total. The first-order valence-corrected chi connectivity index (χ1v) is 7.42. The molecule has 2 heterocycles. The van der Waals surface area contributed by atoms with E-state index in [0.29, 0.717) is 16.9 Å². The van der Waals surface area contributed by atoms with Gasteiger partial charge >= 0.3 is 0 Å². The van der Waals surface area contributed by atoms with Gasteiger partial charge in [-0.25, -0.2) is 8.78 Å². The second kappa shape index (κ2) is 6.95. The van der Waals surface area contributed by atoms with Crippen LogP contribution in [0, 0.1) is 11.6 Å². The molecule has 0 aliphatic rings. The van der Waals surface area contributed by atoms with E-state index >= 15 is 0 Å². The lowest BCUT2D eigenvalue weighted by Crippen LogP contribution is -2.28. The lowest BCUT2D eigenvalue weighted by Gasteiger charge is -2.15. The molecule has 25 heavy (non-hydrogen) atoms. The highest BCUT2D eigenvalue weighted by Crippen LogP contribution is 2.24. The highest BCUT2D eigenvalue weighted by atomic mass is 19.2. The number of hydrogen-bond acceptors (Lipinski definition) is 7. The molecule has 0 fully saturated rings. The van der Waals surface area contributed by atoms with Gasteiger partial charge in [0.2, 0.25) is 5.95 Å². The lowest BCUT2D eigenvalue weighted by atomic mass is 10.3. The molecule has 0 unspecified atom stereocenters. The molecule has 0 bridgehead atoms. The van der Waals surface area contributed by atoms with Gasteiger partial charge in [-0.2, -0.15) is 15.1 Å². The molecule has 0 amide bonds. The molecule has 0 aliphatic carbocycles. The molecule has 3 rings (SSSR count). The molecule has 1 aromatic carbocycles. The average molecular weight is 350 g/mol. The fraction of sp³-hybridized carbons (Fsp3) is 0.267. The fourth-order valence-corrected chi connectivity index (χ4v) is 2.23. The van der Waals surface area contributed by atoms with Gasteiger partial charge < -0.3 is 20.8 Å². The van der Waals surface area contributed by atoms with E-state index in [1.807, 2.05) is 0 Å². The maximum atomic E-state index is 13.4. The first-order valence-electron chi connectivity index (χ1n) is 7.42. The first kappa shape index (κ1) is 17.0. The first-order chi connectivity index (χ1) is 12.0. The van der Waals surface area contributed by atoms with Crippen LogP contribution in [-0.4, -0.2) is 49.2 Å². The predicted molar refractivity (Wildman–Crippen MR) is 87.5 cm³/mol. The average Bonchev–Trinajstić information content (AvgIpc) is 2.97. The predicted octanol–water partition coefficient (Wildman–Crippen LogP) is 1.15. The van der Waals surface area contributed by atoms with Crippen LogP contribution >= 0.6 is 0 Å². The number of hydrogen-bond donors (Lipinski definition) is 4. The Hall–Kier alpha value is -2.85. The molecule has 0 saturated carbocycles. The van der Waals surface area contributed by atoms with Crippen molar-refractivity contribution in [2.75, 3.05) is 23.8 Å². The zero-order valence-electron chi connectivity index (χ0n) is 13.2. The monoisotopic (exact) mass is 350 g/mol. The zero-order chi connectivity index (χ0) is 18.0. The second-order valence-electron chi connectivity index (χ2n) is 5.36. The summed E-state index contributed by atoms with van der Waals surface area (Å²) in [6, 6.07) is 2.72. The summed E-state index contributed by atoms with van der Waals surface area (Å²) in [4.78, 5) is 8.57. The van der Waals surface area contributed by atoms with Crippen LogP contribution in [0.2, 0.25) is 0 Å².